The Hall–Kier alpha value is -0.160. The Bertz CT molecular complexity index is 207. The Kier molecular flexibility index (Phi) is 5.71. The molecule has 0 amide bonds. The average molecular weight is 241 g/mol. The number of rotatable bonds is 5. The Morgan fingerprint density at radius 3 is 3.18 bits per heavy atom. The summed E-state index contributed by atoms with van der Waals surface area (Å²) in [6.45, 7) is 7.49. The summed E-state index contributed by atoms with van der Waals surface area (Å²) in [7, 11) is 2.24. The zero-order valence-corrected chi connectivity index (χ0v) is 11.1. The lowest BCUT2D eigenvalue weighted by Gasteiger charge is -2.30. The van der Waals surface area contributed by atoms with Crippen molar-refractivity contribution in [3.8, 4) is 0 Å². The first kappa shape index (κ1) is 13.3. The van der Waals surface area contributed by atoms with Gasteiger partial charge in [-0.3, -0.25) is 0 Å². The van der Waals surface area contributed by atoms with Gasteiger partial charge in [0.2, 0.25) is 0 Å². The molecule has 2 aliphatic heterocycles. The molecule has 2 rings (SSSR count). The molecular formula is C13H27N3O. The lowest BCUT2D eigenvalue weighted by molar-refractivity contribution is 0.0765. The number of piperidine rings is 1. The standard InChI is InChI=1S/C13H27N3O/c1-16-7-2-3-12(10-16)4-5-14-9-13-11-17-8-6-15-13/h12-15H,2-11H2,1H3. The van der Waals surface area contributed by atoms with Crippen LogP contribution in [-0.2, 0) is 4.74 Å². The monoisotopic (exact) mass is 241 g/mol. The van der Waals surface area contributed by atoms with Crippen molar-refractivity contribution in [2.45, 2.75) is 25.3 Å². The van der Waals surface area contributed by atoms with E-state index in [2.05, 4.69) is 22.6 Å². The third-order valence-electron chi connectivity index (χ3n) is 3.84. The maximum Gasteiger partial charge on any atom is 0.0632 e. The molecule has 4 heteroatoms. The van der Waals surface area contributed by atoms with Crippen molar-refractivity contribution < 1.29 is 4.74 Å². The molecule has 4 nitrogen and oxygen atoms in total. The van der Waals surface area contributed by atoms with Crippen LogP contribution < -0.4 is 10.6 Å². The molecule has 2 atom stereocenters. The summed E-state index contributed by atoms with van der Waals surface area (Å²) in [5.74, 6) is 0.900. The molecule has 17 heavy (non-hydrogen) atoms. The number of nitrogens with zero attached hydrogens (tertiary/aromatic N) is 1. The highest BCUT2D eigenvalue weighted by atomic mass is 16.5. The van der Waals surface area contributed by atoms with Gasteiger partial charge in [-0.15, -0.1) is 0 Å². The lowest BCUT2D eigenvalue weighted by atomic mass is 9.95. The van der Waals surface area contributed by atoms with Gasteiger partial charge < -0.3 is 20.3 Å². The Balaban J connectivity index is 1.50. The first-order chi connectivity index (χ1) is 8.34. The second-order valence-corrected chi connectivity index (χ2v) is 5.49. The summed E-state index contributed by atoms with van der Waals surface area (Å²) < 4.78 is 5.43. The summed E-state index contributed by atoms with van der Waals surface area (Å²) in [5.41, 5.74) is 0. The first-order valence-corrected chi connectivity index (χ1v) is 7.05. The Morgan fingerprint density at radius 2 is 2.41 bits per heavy atom. The summed E-state index contributed by atoms with van der Waals surface area (Å²) in [4.78, 5) is 2.46. The summed E-state index contributed by atoms with van der Waals surface area (Å²) in [5, 5.41) is 7.03. The lowest BCUT2D eigenvalue weighted by Crippen LogP contribution is -2.47. The SMILES string of the molecule is CN1CCCC(CCNCC2COCCN2)C1. The van der Waals surface area contributed by atoms with E-state index in [-0.39, 0.29) is 0 Å². The molecule has 2 saturated heterocycles. The van der Waals surface area contributed by atoms with E-state index < -0.39 is 0 Å². The smallest absolute Gasteiger partial charge is 0.0632 e. The van der Waals surface area contributed by atoms with Crippen molar-refractivity contribution in [1.82, 2.24) is 15.5 Å². The number of morpholine rings is 1. The van der Waals surface area contributed by atoms with Crippen LogP contribution in [-0.4, -0.2) is 63.9 Å². The topological polar surface area (TPSA) is 36.5 Å². The van der Waals surface area contributed by atoms with E-state index in [1.807, 2.05) is 0 Å². The summed E-state index contributed by atoms with van der Waals surface area (Å²) >= 11 is 0. The molecule has 2 fully saturated rings. The molecule has 0 aromatic heterocycles. The molecule has 0 bridgehead atoms. The van der Waals surface area contributed by atoms with Crippen LogP contribution in [0, 0.1) is 5.92 Å². The summed E-state index contributed by atoms with van der Waals surface area (Å²) in [6, 6.07) is 0.512. The van der Waals surface area contributed by atoms with E-state index in [0.717, 1.165) is 38.8 Å². The van der Waals surface area contributed by atoms with Gasteiger partial charge in [0.1, 0.15) is 0 Å². The molecule has 0 saturated carbocycles. The zero-order valence-electron chi connectivity index (χ0n) is 11.1. The van der Waals surface area contributed by atoms with E-state index in [0.29, 0.717) is 6.04 Å². The normalized spacial score (nSPS) is 31.6. The van der Waals surface area contributed by atoms with Crippen molar-refractivity contribution in [3.63, 3.8) is 0 Å². The molecule has 0 aromatic rings. The van der Waals surface area contributed by atoms with Gasteiger partial charge in [0.25, 0.3) is 0 Å². The van der Waals surface area contributed by atoms with Gasteiger partial charge in [0, 0.05) is 25.7 Å². The quantitative estimate of drug-likeness (QED) is 0.679. The molecular weight excluding hydrogens is 214 g/mol. The fraction of sp³-hybridized carbons (Fsp3) is 1.00. The number of ether oxygens (including phenoxy) is 1. The molecule has 0 aliphatic carbocycles. The number of nitrogens with one attached hydrogen (secondary N) is 2. The van der Waals surface area contributed by atoms with Crippen LogP contribution in [0.2, 0.25) is 0 Å². The largest absolute Gasteiger partial charge is 0.378 e. The minimum atomic E-state index is 0.512. The molecule has 0 radical (unpaired) electrons. The minimum Gasteiger partial charge on any atom is -0.378 e. The molecule has 2 heterocycles. The predicted molar refractivity (Wildman–Crippen MR) is 70.3 cm³/mol. The van der Waals surface area contributed by atoms with Gasteiger partial charge in [0.05, 0.1) is 13.2 Å². The van der Waals surface area contributed by atoms with Crippen molar-refractivity contribution in [2.24, 2.45) is 5.92 Å². The zero-order chi connectivity index (χ0) is 11.9. The van der Waals surface area contributed by atoms with E-state index in [1.165, 1.54) is 32.4 Å². The fourth-order valence-corrected chi connectivity index (χ4v) is 2.84. The Labute approximate surface area is 105 Å². The molecule has 2 N–H and O–H groups in total. The van der Waals surface area contributed by atoms with Gasteiger partial charge in [0.15, 0.2) is 0 Å². The highest BCUT2D eigenvalue weighted by Gasteiger charge is 2.17. The van der Waals surface area contributed by atoms with Crippen molar-refractivity contribution >= 4 is 0 Å². The van der Waals surface area contributed by atoms with Crippen LogP contribution in [0.1, 0.15) is 19.3 Å². The highest BCUT2D eigenvalue weighted by Crippen LogP contribution is 2.17. The van der Waals surface area contributed by atoms with Crippen LogP contribution in [0.5, 0.6) is 0 Å². The van der Waals surface area contributed by atoms with Gasteiger partial charge in [-0.25, -0.2) is 0 Å². The second kappa shape index (κ2) is 7.31. The number of hydrogen-bond acceptors (Lipinski definition) is 4. The van der Waals surface area contributed by atoms with Gasteiger partial charge in [-0.2, -0.15) is 0 Å². The van der Waals surface area contributed by atoms with Crippen molar-refractivity contribution in [2.75, 3.05) is 53.0 Å². The van der Waals surface area contributed by atoms with E-state index >= 15 is 0 Å². The van der Waals surface area contributed by atoms with Gasteiger partial charge in [-0.05, 0) is 45.3 Å². The van der Waals surface area contributed by atoms with Crippen LogP contribution in [0.4, 0.5) is 0 Å². The van der Waals surface area contributed by atoms with Gasteiger partial charge >= 0.3 is 0 Å². The van der Waals surface area contributed by atoms with Crippen LogP contribution in [0.15, 0.2) is 0 Å². The van der Waals surface area contributed by atoms with Crippen LogP contribution in [0.3, 0.4) is 0 Å². The van der Waals surface area contributed by atoms with Crippen LogP contribution >= 0.6 is 0 Å². The molecule has 0 spiro atoms. The number of likely N-dealkylation sites (tertiary alicyclic amines) is 1. The van der Waals surface area contributed by atoms with E-state index in [4.69, 9.17) is 4.74 Å². The minimum absolute atomic E-state index is 0.512. The molecule has 2 aliphatic rings. The van der Waals surface area contributed by atoms with Crippen molar-refractivity contribution in [1.29, 1.82) is 0 Å². The first-order valence-electron chi connectivity index (χ1n) is 7.05. The molecule has 2 unspecified atom stereocenters. The summed E-state index contributed by atoms with van der Waals surface area (Å²) in [6.07, 6.45) is 4.11. The van der Waals surface area contributed by atoms with Crippen molar-refractivity contribution in [3.05, 3.63) is 0 Å². The fourth-order valence-electron chi connectivity index (χ4n) is 2.84. The second-order valence-electron chi connectivity index (χ2n) is 5.49. The van der Waals surface area contributed by atoms with Crippen LogP contribution in [0.25, 0.3) is 0 Å². The predicted octanol–water partition coefficient (Wildman–Crippen LogP) is 0.296. The molecule has 100 valence electrons. The Morgan fingerprint density at radius 1 is 1.47 bits per heavy atom. The third kappa shape index (κ3) is 4.92. The average Bonchev–Trinajstić information content (AvgIpc) is 2.36. The van der Waals surface area contributed by atoms with Gasteiger partial charge in [-0.1, -0.05) is 0 Å². The number of hydrogen-bond donors (Lipinski definition) is 2. The third-order valence-corrected chi connectivity index (χ3v) is 3.84. The van der Waals surface area contributed by atoms with E-state index in [1.54, 1.807) is 0 Å². The van der Waals surface area contributed by atoms with E-state index in [9.17, 15) is 0 Å². The maximum absolute atomic E-state index is 5.43. The highest BCUT2D eigenvalue weighted by molar-refractivity contribution is 4.74. The molecule has 0 aromatic carbocycles. The maximum atomic E-state index is 5.43.